The van der Waals surface area contributed by atoms with E-state index in [2.05, 4.69) is 14.7 Å². The third-order valence-corrected chi connectivity index (χ3v) is 3.10. The van der Waals surface area contributed by atoms with Crippen molar-refractivity contribution >= 4 is 5.97 Å². The summed E-state index contributed by atoms with van der Waals surface area (Å²) in [6.45, 7) is 0. The van der Waals surface area contributed by atoms with Gasteiger partial charge in [0.25, 0.3) is 0 Å². The van der Waals surface area contributed by atoms with Crippen molar-refractivity contribution < 1.29 is 14.3 Å². The van der Waals surface area contributed by atoms with E-state index in [1.165, 1.54) is 45.2 Å². The molecule has 0 aromatic carbocycles. The first-order valence-electron chi connectivity index (χ1n) is 6.36. The Hall–Kier alpha value is -1.65. The van der Waals surface area contributed by atoms with Gasteiger partial charge >= 0.3 is 5.97 Å². The van der Waals surface area contributed by atoms with Crippen molar-refractivity contribution in [2.75, 3.05) is 7.11 Å². The lowest BCUT2D eigenvalue weighted by Gasteiger charge is -2.15. The van der Waals surface area contributed by atoms with Crippen LogP contribution in [0, 0.1) is 0 Å². The van der Waals surface area contributed by atoms with E-state index in [1.54, 1.807) is 0 Å². The molecule has 0 N–H and O–H groups in total. The lowest BCUT2D eigenvalue weighted by atomic mass is 10.1. The summed E-state index contributed by atoms with van der Waals surface area (Å²) in [6, 6.07) is 0. The van der Waals surface area contributed by atoms with Crippen molar-refractivity contribution in [1.29, 1.82) is 0 Å². The molecule has 1 fully saturated rings. The highest BCUT2D eigenvalue weighted by atomic mass is 16.5. The van der Waals surface area contributed by atoms with Gasteiger partial charge in [0.1, 0.15) is 6.10 Å². The van der Waals surface area contributed by atoms with Crippen molar-refractivity contribution in [3.05, 3.63) is 18.1 Å². The van der Waals surface area contributed by atoms with Crippen molar-refractivity contribution in [3.8, 4) is 5.88 Å². The van der Waals surface area contributed by atoms with Crippen LogP contribution in [-0.4, -0.2) is 29.2 Å². The van der Waals surface area contributed by atoms with Gasteiger partial charge < -0.3 is 9.47 Å². The average molecular weight is 250 g/mol. The van der Waals surface area contributed by atoms with Crippen molar-refractivity contribution in [2.45, 2.75) is 44.6 Å². The molecule has 0 unspecified atom stereocenters. The minimum absolute atomic E-state index is 0.184. The van der Waals surface area contributed by atoms with Crippen LogP contribution in [0.5, 0.6) is 5.88 Å². The van der Waals surface area contributed by atoms with Gasteiger partial charge in [0.05, 0.1) is 19.5 Å². The van der Waals surface area contributed by atoms with Crippen molar-refractivity contribution in [1.82, 2.24) is 9.97 Å². The number of rotatable bonds is 3. The molecule has 0 amide bonds. The Kier molecular flexibility index (Phi) is 4.50. The molecular weight excluding hydrogens is 232 g/mol. The van der Waals surface area contributed by atoms with E-state index in [1.807, 2.05) is 0 Å². The van der Waals surface area contributed by atoms with Crippen LogP contribution in [0.25, 0.3) is 0 Å². The molecule has 5 heteroatoms. The number of aromatic nitrogens is 2. The number of hydrogen-bond acceptors (Lipinski definition) is 5. The summed E-state index contributed by atoms with van der Waals surface area (Å²) in [5, 5.41) is 0. The second kappa shape index (κ2) is 6.33. The largest absolute Gasteiger partial charge is 0.473 e. The zero-order chi connectivity index (χ0) is 12.8. The molecule has 1 heterocycles. The first-order chi connectivity index (χ1) is 8.79. The summed E-state index contributed by atoms with van der Waals surface area (Å²) < 4.78 is 10.4. The number of methoxy groups -OCH3 is 1. The molecule has 1 aromatic heterocycles. The number of carbonyl (C=O) groups is 1. The molecule has 18 heavy (non-hydrogen) atoms. The molecule has 0 radical (unpaired) electrons. The quantitative estimate of drug-likeness (QED) is 0.608. The molecule has 1 aromatic rings. The van der Waals surface area contributed by atoms with Crippen molar-refractivity contribution in [2.24, 2.45) is 0 Å². The van der Waals surface area contributed by atoms with Gasteiger partial charge in [-0.05, 0) is 25.7 Å². The fraction of sp³-hybridized carbons (Fsp3) is 0.615. The van der Waals surface area contributed by atoms with Gasteiger partial charge in [0.15, 0.2) is 5.69 Å². The van der Waals surface area contributed by atoms with Crippen LogP contribution in [0.3, 0.4) is 0 Å². The topological polar surface area (TPSA) is 61.3 Å². The Morgan fingerprint density at radius 2 is 1.94 bits per heavy atom. The zero-order valence-electron chi connectivity index (χ0n) is 10.6. The first kappa shape index (κ1) is 12.8. The summed E-state index contributed by atoms with van der Waals surface area (Å²) in [7, 11) is 1.32. The monoisotopic (exact) mass is 250 g/mol. The van der Waals surface area contributed by atoms with Crippen LogP contribution < -0.4 is 4.74 Å². The van der Waals surface area contributed by atoms with Gasteiger partial charge in [-0.2, -0.15) is 0 Å². The molecule has 5 nitrogen and oxygen atoms in total. The van der Waals surface area contributed by atoms with Gasteiger partial charge in [-0.15, -0.1) is 0 Å². The Labute approximate surface area is 107 Å². The molecule has 0 bridgehead atoms. The zero-order valence-corrected chi connectivity index (χ0v) is 10.6. The minimum Gasteiger partial charge on any atom is -0.473 e. The normalized spacial score (nSPS) is 16.9. The third kappa shape index (κ3) is 3.42. The van der Waals surface area contributed by atoms with Crippen LogP contribution in [0.4, 0.5) is 0 Å². The van der Waals surface area contributed by atoms with Gasteiger partial charge in [0.2, 0.25) is 5.88 Å². The molecule has 0 aliphatic heterocycles. The maximum absolute atomic E-state index is 11.3. The van der Waals surface area contributed by atoms with Crippen LogP contribution in [0.2, 0.25) is 0 Å². The number of ether oxygens (including phenoxy) is 2. The molecule has 0 atom stereocenters. The number of esters is 1. The second-order valence-electron chi connectivity index (χ2n) is 4.47. The summed E-state index contributed by atoms with van der Waals surface area (Å²) >= 11 is 0. The van der Waals surface area contributed by atoms with Crippen LogP contribution in [0.15, 0.2) is 12.4 Å². The first-order valence-corrected chi connectivity index (χ1v) is 6.36. The summed E-state index contributed by atoms with van der Waals surface area (Å²) in [6.07, 6.45) is 10.1. The van der Waals surface area contributed by atoms with Gasteiger partial charge in [-0.3, -0.25) is 4.98 Å². The van der Waals surface area contributed by atoms with Crippen LogP contribution >= 0.6 is 0 Å². The van der Waals surface area contributed by atoms with Crippen LogP contribution in [0.1, 0.15) is 49.0 Å². The Morgan fingerprint density at radius 3 is 2.61 bits per heavy atom. The average Bonchev–Trinajstić information content (AvgIpc) is 2.67. The Bertz CT molecular complexity index is 401. The lowest BCUT2D eigenvalue weighted by molar-refractivity contribution is 0.0590. The molecule has 1 aliphatic carbocycles. The fourth-order valence-electron chi connectivity index (χ4n) is 2.14. The molecular formula is C13H18N2O3. The summed E-state index contributed by atoms with van der Waals surface area (Å²) in [5.74, 6) is -0.0846. The van der Waals surface area contributed by atoms with Crippen LogP contribution in [-0.2, 0) is 4.74 Å². The van der Waals surface area contributed by atoms with Gasteiger partial charge in [0, 0.05) is 0 Å². The predicted octanol–water partition coefficient (Wildman–Crippen LogP) is 2.36. The molecule has 0 saturated heterocycles. The highest BCUT2D eigenvalue weighted by molar-refractivity contribution is 5.86. The van der Waals surface area contributed by atoms with E-state index in [-0.39, 0.29) is 11.8 Å². The number of nitrogens with zero attached hydrogens (tertiary/aromatic N) is 2. The standard InChI is InChI=1S/C13H18N2O3/c1-17-13(16)11-8-14-9-12(15-11)18-10-6-4-2-3-5-7-10/h8-10H,2-7H2,1H3. The van der Waals surface area contributed by atoms with Gasteiger partial charge in [-0.1, -0.05) is 12.8 Å². The second-order valence-corrected chi connectivity index (χ2v) is 4.47. The SMILES string of the molecule is COC(=O)c1cncc(OC2CCCCCC2)n1. The third-order valence-electron chi connectivity index (χ3n) is 3.10. The predicted molar refractivity (Wildman–Crippen MR) is 65.5 cm³/mol. The maximum Gasteiger partial charge on any atom is 0.358 e. The van der Waals surface area contributed by atoms with E-state index >= 15 is 0 Å². The number of hydrogen-bond donors (Lipinski definition) is 0. The Balaban J connectivity index is 2.01. The molecule has 0 spiro atoms. The van der Waals surface area contributed by atoms with E-state index in [4.69, 9.17) is 4.74 Å². The summed E-state index contributed by atoms with van der Waals surface area (Å²) in [5.41, 5.74) is 0.184. The lowest BCUT2D eigenvalue weighted by Crippen LogP contribution is -2.17. The molecule has 98 valence electrons. The van der Waals surface area contributed by atoms with Gasteiger partial charge in [-0.25, -0.2) is 9.78 Å². The van der Waals surface area contributed by atoms with Crippen molar-refractivity contribution in [3.63, 3.8) is 0 Å². The van der Waals surface area contributed by atoms with E-state index in [0.717, 1.165) is 12.8 Å². The smallest absolute Gasteiger partial charge is 0.358 e. The summed E-state index contributed by atoms with van der Waals surface area (Å²) in [4.78, 5) is 19.4. The van der Waals surface area contributed by atoms with E-state index < -0.39 is 5.97 Å². The Morgan fingerprint density at radius 1 is 1.22 bits per heavy atom. The maximum atomic E-state index is 11.3. The molecule has 1 aliphatic rings. The minimum atomic E-state index is -0.492. The highest BCUT2D eigenvalue weighted by Crippen LogP contribution is 2.21. The van der Waals surface area contributed by atoms with E-state index in [0.29, 0.717) is 5.88 Å². The fourth-order valence-corrected chi connectivity index (χ4v) is 2.14. The van der Waals surface area contributed by atoms with E-state index in [9.17, 15) is 4.79 Å². The highest BCUT2D eigenvalue weighted by Gasteiger charge is 2.16. The number of carbonyl (C=O) groups excluding carboxylic acids is 1. The molecule has 1 saturated carbocycles. The molecule has 2 rings (SSSR count).